The summed E-state index contributed by atoms with van der Waals surface area (Å²) < 4.78 is 0. The number of nitrogens with zero attached hydrogens (tertiary/aromatic N) is 4. The number of halogens is 1. The molecular formula is C17H24IN7S. The van der Waals surface area contributed by atoms with E-state index in [9.17, 15) is 0 Å². The van der Waals surface area contributed by atoms with Crippen molar-refractivity contribution >= 4 is 52.3 Å². The van der Waals surface area contributed by atoms with Crippen LogP contribution in [-0.4, -0.2) is 33.2 Å². The minimum absolute atomic E-state index is 0. The lowest BCUT2D eigenvalue weighted by molar-refractivity contribution is 0.770. The highest BCUT2D eigenvalue weighted by molar-refractivity contribution is 14.0. The minimum atomic E-state index is 0. The molecule has 3 aromatic rings. The molecule has 0 amide bonds. The summed E-state index contributed by atoms with van der Waals surface area (Å²) in [5.41, 5.74) is 3.24. The Kier molecular flexibility index (Phi) is 7.33. The number of aromatic amines is 1. The van der Waals surface area contributed by atoms with E-state index in [-0.39, 0.29) is 24.0 Å². The zero-order valence-corrected chi connectivity index (χ0v) is 18.5. The highest BCUT2D eigenvalue weighted by Gasteiger charge is 2.09. The molecule has 0 saturated carbocycles. The fourth-order valence-corrected chi connectivity index (χ4v) is 3.16. The molecule has 0 aliphatic heterocycles. The summed E-state index contributed by atoms with van der Waals surface area (Å²) in [6.07, 6.45) is 0. The molecule has 0 bridgehead atoms. The highest BCUT2D eigenvalue weighted by atomic mass is 127. The lowest BCUT2D eigenvalue weighted by atomic mass is 10.2. The minimum Gasteiger partial charge on any atom is -0.350 e. The van der Waals surface area contributed by atoms with Gasteiger partial charge in [0.25, 0.3) is 0 Å². The van der Waals surface area contributed by atoms with Crippen molar-refractivity contribution in [2.75, 3.05) is 7.05 Å². The molecule has 0 unspecified atom stereocenters. The van der Waals surface area contributed by atoms with Gasteiger partial charge >= 0.3 is 0 Å². The number of rotatable bonds is 5. The van der Waals surface area contributed by atoms with Gasteiger partial charge in [-0.2, -0.15) is 0 Å². The Bertz CT molecular complexity index is 884. The lowest BCUT2D eigenvalue weighted by Gasteiger charge is -2.09. The van der Waals surface area contributed by atoms with Crippen LogP contribution in [-0.2, 0) is 13.1 Å². The van der Waals surface area contributed by atoms with Gasteiger partial charge in [-0.1, -0.05) is 31.3 Å². The third-order valence-electron chi connectivity index (χ3n) is 3.72. The number of hydrogen-bond acceptors (Lipinski definition) is 5. The average molecular weight is 485 g/mol. The maximum Gasteiger partial charge on any atom is 0.191 e. The van der Waals surface area contributed by atoms with Gasteiger partial charge in [0.2, 0.25) is 0 Å². The number of H-pyrrole nitrogens is 1. The molecule has 3 rings (SSSR count). The molecule has 140 valence electrons. The number of imidazole rings is 1. The monoisotopic (exact) mass is 485 g/mol. The number of nitrogens with one attached hydrogen (secondary N) is 3. The van der Waals surface area contributed by atoms with Gasteiger partial charge in [0.05, 0.1) is 24.1 Å². The molecule has 9 heteroatoms. The van der Waals surface area contributed by atoms with E-state index in [0.717, 1.165) is 26.9 Å². The number of fused-ring (bicyclic) bond motifs is 1. The Labute approximate surface area is 174 Å². The second kappa shape index (κ2) is 9.26. The maximum atomic E-state index is 4.58. The number of aromatic nitrogens is 4. The first-order chi connectivity index (χ1) is 12.0. The predicted molar refractivity (Wildman–Crippen MR) is 117 cm³/mol. The number of aliphatic imine (C=N–C) groups is 1. The number of aryl methyl sites for hydroxylation is 1. The Morgan fingerprint density at radius 1 is 1.23 bits per heavy atom. The second-order valence-corrected chi connectivity index (χ2v) is 7.27. The molecule has 2 aromatic heterocycles. The van der Waals surface area contributed by atoms with Crippen molar-refractivity contribution in [2.24, 2.45) is 4.99 Å². The van der Waals surface area contributed by atoms with Crippen molar-refractivity contribution in [1.29, 1.82) is 0 Å². The molecule has 0 spiro atoms. The molecule has 0 saturated heterocycles. The van der Waals surface area contributed by atoms with Crippen LogP contribution >= 0.6 is 35.3 Å². The number of guanidine groups is 1. The maximum absolute atomic E-state index is 4.58. The van der Waals surface area contributed by atoms with Gasteiger partial charge < -0.3 is 15.6 Å². The van der Waals surface area contributed by atoms with Gasteiger partial charge in [0, 0.05) is 13.0 Å². The Balaban J connectivity index is 0.00000243. The first kappa shape index (κ1) is 20.6. The molecular weight excluding hydrogens is 461 g/mol. The normalized spacial score (nSPS) is 11.7. The van der Waals surface area contributed by atoms with Crippen molar-refractivity contribution in [2.45, 2.75) is 39.8 Å². The van der Waals surface area contributed by atoms with Crippen LogP contribution in [0.5, 0.6) is 0 Å². The Hall–Kier alpha value is -1.75. The third-order valence-corrected chi connectivity index (χ3v) is 4.94. The van der Waals surface area contributed by atoms with E-state index in [1.54, 1.807) is 18.4 Å². The van der Waals surface area contributed by atoms with Crippen molar-refractivity contribution < 1.29 is 0 Å². The summed E-state index contributed by atoms with van der Waals surface area (Å²) in [6.45, 7) is 7.48. The van der Waals surface area contributed by atoms with E-state index in [0.29, 0.717) is 25.0 Å². The Morgan fingerprint density at radius 2 is 2.00 bits per heavy atom. The summed E-state index contributed by atoms with van der Waals surface area (Å²) in [7, 11) is 1.75. The van der Waals surface area contributed by atoms with E-state index < -0.39 is 0 Å². The first-order valence-electron chi connectivity index (χ1n) is 8.27. The van der Waals surface area contributed by atoms with Crippen molar-refractivity contribution in [3.63, 3.8) is 0 Å². The van der Waals surface area contributed by atoms with Crippen molar-refractivity contribution in [3.05, 3.63) is 39.6 Å². The van der Waals surface area contributed by atoms with Crippen LogP contribution in [0.1, 0.15) is 41.2 Å². The van der Waals surface area contributed by atoms with E-state index in [4.69, 9.17) is 0 Å². The number of benzene rings is 1. The van der Waals surface area contributed by atoms with Crippen LogP contribution in [0.4, 0.5) is 0 Å². The molecule has 1 aromatic carbocycles. The van der Waals surface area contributed by atoms with Crippen LogP contribution < -0.4 is 10.6 Å². The summed E-state index contributed by atoms with van der Waals surface area (Å²) in [5, 5.41) is 16.9. The topological polar surface area (TPSA) is 90.9 Å². The van der Waals surface area contributed by atoms with Crippen LogP contribution in [0.2, 0.25) is 0 Å². The SMILES string of the molecule is CN=C(NCc1nc2ccc(C)cc2[nH]1)NCc1nnc(C(C)C)s1.I. The van der Waals surface area contributed by atoms with Gasteiger partial charge in [-0.05, 0) is 24.6 Å². The summed E-state index contributed by atoms with van der Waals surface area (Å²) in [6, 6.07) is 6.19. The van der Waals surface area contributed by atoms with E-state index >= 15 is 0 Å². The van der Waals surface area contributed by atoms with E-state index in [1.165, 1.54) is 5.56 Å². The molecule has 0 radical (unpaired) electrons. The molecule has 0 atom stereocenters. The highest BCUT2D eigenvalue weighted by Crippen LogP contribution is 2.18. The van der Waals surface area contributed by atoms with Crippen LogP contribution in [0.15, 0.2) is 23.2 Å². The fraction of sp³-hybridized carbons (Fsp3) is 0.412. The van der Waals surface area contributed by atoms with Crippen LogP contribution in [0, 0.1) is 6.92 Å². The second-order valence-electron chi connectivity index (χ2n) is 6.17. The standard InChI is InChI=1S/C17H23N7S.HI/c1-10(2)16-24-23-15(25-16)9-20-17(18-4)19-8-14-21-12-6-5-11(3)7-13(12)22-14;/h5-7,10H,8-9H2,1-4H3,(H,21,22)(H2,18,19,20);1H. The summed E-state index contributed by atoms with van der Waals surface area (Å²) in [5.74, 6) is 1.99. The number of hydrogen-bond donors (Lipinski definition) is 3. The first-order valence-corrected chi connectivity index (χ1v) is 9.09. The fourth-order valence-electron chi connectivity index (χ4n) is 2.38. The third kappa shape index (κ3) is 5.13. The smallest absolute Gasteiger partial charge is 0.191 e. The van der Waals surface area contributed by atoms with Gasteiger partial charge in [-0.15, -0.1) is 34.2 Å². The van der Waals surface area contributed by atoms with Gasteiger partial charge in [0.1, 0.15) is 15.8 Å². The Morgan fingerprint density at radius 3 is 2.69 bits per heavy atom. The van der Waals surface area contributed by atoms with Gasteiger partial charge in [-0.25, -0.2) is 4.98 Å². The zero-order valence-electron chi connectivity index (χ0n) is 15.3. The molecule has 2 heterocycles. The summed E-state index contributed by atoms with van der Waals surface area (Å²) >= 11 is 1.63. The quantitative estimate of drug-likeness (QED) is 0.293. The lowest BCUT2D eigenvalue weighted by Crippen LogP contribution is -2.36. The van der Waals surface area contributed by atoms with Crippen molar-refractivity contribution in [3.8, 4) is 0 Å². The van der Waals surface area contributed by atoms with E-state index in [1.807, 2.05) is 6.07 Å². The van der Waals surface area contributed by atoms with Gasteiger partial charge in [0.15, 0.2) is 5.96 Å². The van der Waals surface area contributed by atoms with E-state index in [2.05, 4.69) is 68.7 Å². The summed E-state index contributed by atoms with van der Waals surface area (Å²) in [4.78, 5) is 12.1. The van der Waals surface area contributed by atoms with Crippen LogP contribution in [0.3, 0.4) is 0 Å². The molecule has 3 N–H and O–H groups in total. The van der Waals surface area contributed by atoms with Crippen LogP contribution in [0.25, 0.3) is 11.0 Å². The molecule has 0 aliphatic carbocycles. The average Bonchev–Trinajstić information content (AvgIpc) is 3.21. The molecule has 0 fully saturated rings. The molecule has 26 heavy (non-hydrogen) atoms. The molecule has 0 aliphatic rings. The van der Waals surface area contributed by atoms with Crippen molar-refractivity contribution in [1.82, 2.24) is 30.8 Å². The van der Waals surface area contributed by atoms with Gasteiger partial charge in [-0.3, -0.25) is 4.99 Å². The largest absolute Gasteiger partial charge is 0.350 e. The molecule has 7 nitrogen and oxygen atoms in total. The zero-order chi connectivity index (χ0) is 17.8. The predicted octanol–water partition coefficient (Wildman–Crippen LogP) is 3.33.